The molecule has 28 heavy (non-hydrogen) atoms. The molecule has 0 saturated heterocycles. The minimum Gasteiger partial charge on any atom is -0.483 e. The number of fused-ring (bicyclic) bond motifs is 3. The van der Waals surface area contributed by atoms with Crippen LogP contribution in [0.5, 0.6) is 5.75 Å². The van der Waals surface area contributed by atoms with Crippen molar-refractivity contribution in [1.82, 2.24) is 9.55 Å². The van der Waals surface area contributed by atoms with E-state index >= 15 is 0 Å². The molecule has 0 saturated carbocycles. The number of carbonyl (C=O) groups excluding carboxylic acids is 1. The van der Waals surface area contributed by atoms with Gasteiger partial charge in [0.15, 0.2) is 0 Å². The van der Waals surface area contributed by atoms with E-state index in [1.807, 2.05) is 31.2 Å². The van der Waals surface area contributed by atoms with Crippen LogP contribution in [0.4, 0.5) is 0 Å². The van der Waals surface area contributed by atoms with Gasteiger partial charge in [-0.2, -0.15) is 0 Å². The van der Waals surface area contributed by atoms with Crippen molar-refractivity contribution in [3.05, 3.63) is 58.9 Å². The number of imidazole rings is 1. The number of ether oxygens (including phenoxy) is 3. The maximum atomic E-state index is 12.4. The van der Waals surface area contributed by atoms with Crippen LogP contribution < -0.4 is 4.74 Å². The third-order valence-electron chi connectivity index (χ3n) is 5.29. The number of esters is 1. The molecule has 0 spiro atoms. The first kappa shape index (κ1) is 18.5. The molecule has 1 aliphatic heterocycles. The zero-order valence-electron chi connectivity index (χ0n) is 16.4. The van der Waals surface area contributed by atoms with Crippen LogP contribution in [0.3, 0.4) is 0 Å². The van der Waals surface area contributed by atoms with E-state index < -0.39 is 0 Å². The molecule has 0 radical (unpaired) electrons. The van der Waals surface area contributed by atoms with E-state index in [1.54, 1.807) is 7.11 Å². The second kappa shape index (κ2) is 7.64. The highest BCUT2D eigenvalue weighted by Gasteiger charge is 2.30. The third-order valence-corrected chi connectivity index (χ3v) is 5.29. The van der Waals surface area contributed by atoms with Gasteiger partial charge in [0, 0.05) is 19.2 Å². The summed E-state index contributed by atoms with van der Waals surface area (Å²) in [7, 11) is 3.08. The minimum atomic E-state index is -0.357. The maximum Gasteiger partial charge on any atom is 0.338 e. The van der Waals surface area contributed by atoms with Crippen molar-refractivity contribution < 1.29 is 19.0 Å². The molecule has 1 aliphatic rings. The van der Waals surface area contributed by atoms with Gasteiger partial charge < -0.3 is 18.8 Å². The lowest BCUT2D eigenvalue weighted by atomic mass is 9.93. The summed E-state index contributed by atoms with van der Waals surface area (Å²) in [6, 6.07) is 12.0. The fraction of sp³-hybridized carbons (Fsp3) is 0.364. The van der Waals surface area contributed by atoms with Gasteiger partial charge in [-0.3, -0.25) is 0 Å². The Hall–Kier alpha value is -2.86. The normalized spacial score (nSPS) is 15.9. The molecule has 0 bridgehead atoms. The summed E-state index contributed by atoms with van der Waals surface area (Å²) in [5, 5.41) is 0. The summed E-state index contributed by atoms with van der Waals surface area (Å²) in [6.45, 7) is 3.20. The Morgan fingerprint density at radius 1 is 1.29 bits per heavy atom. The first-order chi connectivity index (χ1) is 13.6. The molecule has 1 unspecified atom stereocenters. The summed E-state index contributed by atoms with van der Waals surface area (Å²) in [5.74, 6) is 1.24. The largest absolute Gasteiger partial charge is 0.483 e. The van der Waals surface area contributed by atoms with Crippen LogP contribution in [0, 0.1) is 6.92 Å². The van der Waals surface area contributed by atoms with Gasteiger partial charge in [-0.15, -0.1) is 0 Å². The van der Waals surface area contributed by atoms with Gasteiger partial charge in [0.1, 0.15) is 23.2 Å². The number of hydrogen-bond acceptors (Lipinski definition) is 5. The lowest BCUT2D eigenvalue weighted by molar-refractivity contribution is 0.0597. The van der Waals surface area contributed by atoms with E-state index in [9.17, 15) is 4.79 Å². The van der Waals surface area contributed by atoms with E-state index in [1.165, 1.54) is 7.11 Å². The van der Waals surface area contributed by atoms with Crippen molar-refractivity contribution in [3.8, 4) is 5.75 Å². The van der Waals surface area contributed by atoms with E-state index in [2.05, 4.69) is 21.7 Å². The smallest absolute Gasteiger partial charge is 0.338 e. The van der Waals surface area contributed by atoms with Gasteiger partial charge in [-0.25, -0.2) is 9.78 Å². The van der Waals surface area contributed by atoms with Gasteiger partial charge >= 0.3 is 5.97 Å². The average molecular weight is 380 g/mol. The Kier molecular flexibility index (Phi) is 5.05. The molecule has 1 atom stereocenters. The molecule has 0 fully saturated rings. The van der Waals surface area contributed by atoms with Crippen LogP contribution >= 0.6 is 0 Å². The summed E-state index contributed by atoms with van der Waals surface area (Å²) in [4.78, 5) is 17.1. The Morgan fingerprint density at radius 3 is 2.79 bits per heavy atom. The number of aromatic nitrogens is 2. The van der Waals surface area contributed by atoms with Crippen LogP contribution in [0.1, 0.15) is 39.8 Å². The fourth-order valence-electron chi connectivity index (χ4n) is 3.92. The molecule has 4 rings (SSSR count). The monoisotopic (exact) mass is 380 g/mol. The Labute approximate surface area is 164 Å². The molecular weight excluding hydrogens is 356 g/mol. The second-order valence-corrected chi connectivity index (χ2v) is 6.95. The topological polar surface area (TPSA) is 62.6 Å². The van der Waals surface area contributed by atoms with Crippen molar-refractivity contribution in [2.75, 3.05) is 20.8 Å². The van der Waals surface area contributed by atoms with Crippen molar-refractivity contribution in [2.24, 2.45) is 0 Å². The molecule has 0 amide bonds. The zero-order chi connectivity index (χ0) is 19.7. The Morgan fingerprint density at radius 2 is 2.07 bits per heavy atom. The zero-order valence-corrected chi connectivity index (χ0v) is 16.4. The quantitative estimate of drug-likeness (QED) is 0.629. The van der Waals surface area contributed by atoms with Gasteiger partial charge in [-0.05, 0) is 31.4 Å². The predicted octanol–water partition coefficient (Wildman–Crippen LogP) is 3.84. The standard InChI is InChI=1S/C22H24N2O4/c1-14-23-18-13-17(22(25)27-3)16-9-10-19(15-7-5-4-6-8-15)28-21(16)20(18)24(14)11-12-26-2/h4-8,13,19H,9-12H2,1-3H3. The lowest BCUT2D eigenvalue weighted by Crippen LogP contribution is -2.19. The van der Waals surface area contributed by atoms with Crippen LogP contribution in [-0.4, -0.2) is 36.3 Å². The first-order valence-electron chi connectivity index (χ1n) is 9.45. The predicted molar refractivity (Wildman–Crippen MR) is 106 cm³/mol. The van der Waals surface area contributed by atoms with Crippen molar-refractivity contribution in [3.63, 3.8) is 0 Å². The molecule has 146 valence electrons. The Bertz CT molecular complexity index is 1010. The van der Waals surface area contributed by atoms with Crippen molar-refractivity contribution >= 4 is 17.0 Å². The fourth-order valence-corrected chi connectivity index (χ4v) is 3.92. The molecule has 1 aromatic heterocycles. The van der Waals surface area contributed by atoms with Crippen LogP contribution in [0.15, 0.2) is 36.4 Å². The first-order valence-corrected chi connectivity index (χ1v) is 9.45. The van der Waals surface area contributed by atoms with Gasteiger partial charge in [0.05, 0.1) is 24.8 Å². The van der Waals surface area contributed by atoms with E-state index in [-0.39, 0.29) is 12.1 Å². The minimum absolute atomic E-state index is 0.0594. The summed E-state index contributed by atoms with van der Waals surface area (Å²) < 4.78 is 18.9. The highest BCUT2D eigenvalue weighted by atomic mass is 16.5. The van der Waals surface area contributed by atoms with Gasteiger partial charge in [-0.1, -0.05) is 30.3 Å². The third kappa shape index (κ3) is 3.14. The number of hydrogen-bond donors (Lipinski definition) is 0. The molecule has 0 N–H and O–H groups in total. The molecule has 6 nitrogen and oxygen atoms in total. The number of methoxy groups -OCH3 is 2. The van der Waals surface area contributed by atoms with Crippen LogP contribution in [0.25, 0.3) is 11.0 Å². The number of nitrogens with zero attached hydrogens (tertiary/aromatic N) is 2. The van der Waals surface area contributed by atoms with Crippen molar-refractivity contribution in [1.29, 1.82) is 0 Å². The van der Waals surface area contributed by atoms with Crippen LogP contribution in [-0.2, 0) is 22.4 Å². The molecular formula is C22H24N2O4. The summed E-state index contributed by atoms with van der Waals surface area (Å²) >= 11 is 0. The Balaban J connectivity index is 1.89. The maximum absolute atomic E-state index is 12.4. The molecule has 3 aromatic rings. The molecule has 2 aromatic carbocycles. The lowest BCUT2D eigenvalue weighted by Gasteiger charge is -2.28. The van der Waals surface area contributed by atoms with Crippen molar-refractivity contribution in [2.45, 2.75) is 32.4 Å². The number of carbonyl (C=O) groups is 1. The van der Waals surface area contributed by atoms with Gasteiger partial charge in [0.2, 0.25) is 0 Å². The van der Waals surface area contributed by atoms with E-state index in [4.69, 9.17) is 14.2 Å². The highest BCUT2D eigenvalue weighted by Crippen LogP contribution is 2.42. The molecule has 6 heteroatoms. The average Bonchev–Trinajstić information content (AvgIpc) is 3.06. The number of rotatable bonds is 5. The number of aryl methyl sites for hydroxylation is 1. The van der Waals surface area contributed by atoms with E-state index in [0.717, 1.165) is 46.6 Å². The SMILES string of the molecule is COCCn1c(C)nc2cc(C(=O)OC)c3c(c21)OC(c1ccccc1)CC3. The van der Waals surface area contributed by atoms with Crippen LogP contribution in [0.2, 0.25) is 0 Å². The summed E-state index contributed by atoms with van der Waals surface area (Å²) in [6.07, 6.45) is 1.48. The summed E-state index contributed by atoms with van der Waals surface area (Å²) in [5.41, 5.74) is 4.21. The second-order valence-electron chi connectivity index (χ2n) is 6.95. The molecule has 2 heterocycles. The van der Waals surface area contributed by atoms with E-state index in [0.29, 0.717) is 18.7 Å². The van der Waals surface area contributed by atoms with Gasteiger partial charge in [0.25, 0.3) is 0 Å². The number of benzene rings is 2. The highest BCUT2D eigenvalue weighted by molar-refractivity contribution is 5.98. The molecule has 0 aliphatic carbocycles.